The van der Waals surface area contributed by atoms with Crippen LogP contribution in [-0.2, 0) is 0 Å². The normalized spacial score (nSPS) is 11.5. The van der Waals surface area contributed by atoms with Crippen molar-refractivity contribution in [1.82, 2.24) is 9.97 Å². The quantitative estimate of drug-likeness (QED) is 0.170. The van der Waals surface area contributed by atoms with Crippen molar-refractivity contribution in [2.24, 2.45) is 0 Å². The zero-order chi connectivity index (χ0) is 37.7. The van der Waals surface area contributed by atoms with Gasteiger partial charge in [0.25, 0.3) is 0 Å². The van der Waals surface area contributed by atoms with Crippen LogP contribution in [0.1, 0.15) is 0 Å². The summed E-state index contributed by atoms with van der Waals surface area (Å²) < 4.78 is 2.32. The van der Waals surface area contributed by atoms with Crippen LogP contribution in [0.5, 0.6) is 0 Å². The maximum atomic E-state index is 5.43. The summed E-state index contributed by atoms with van der Waals surface area (Å²) in [6.07, 6.45) is 0. The van der Waals surface area contributed by atoms with Crippen LogP contribution in [0.3, 0.4) is 0 Å². The van der Waals surface area contributed by atoms with Crippen molar-refractivity contribution >= 4 is 53.2 Å². The fourth-order valence-corrected chi connectivity index (χ4v) is 9.35. The summed E-state index contributed by atoms with van der Waals surface area (Å²) in [7, 11) is 0. The van der Waals surface area contributed by atoms with Gasteiger partial charge in [0, 0.05) is 21.2 Å². The van der Waals surface area contributed by atoms with Crippen LogP contribution < -0.4 is 0 Å². The van der Waals surface area contributed by atoms with E-state index in [1.807, 2.05) is 0 Å². The highest BCUT2D eigenvalue weighted by atomic mass is 32.1. The predicted octanol–water partition coefficient (Wildman–Crippen LogP) is 15.2. The van der Waals surface area contributed by atoms with Gasteiger partial charge in [-0.15, -0.1) is 11.3 Å². The molecule has 2 heterocycles. The van der Waals surface area contributed by atoms with Gasteiger partial charge in [-0.25, -0.2) is 9.97 Å². The number of benzene rings is 9. The van der Waals surface area contributed by atoms with Crippen LogP contribution in [0, 0.1) is 0 Å². The Kier molecular flexibility index (Phi) is 8.04. The third-order valence-corrected chi connectivity index (χ3v) is 12.2. The van der Waals surface area contributed by atoms with E-state index < -0.39 is 0 Å². The van der Waals surface area contributed by atoms with E-state index in [1.165, 1.54) is 59.6 Å². The van der Waals surface area contributed by atoms with Gasteiger partial charge in [0.2, 0.25) is 0 Å². The van der Waals surface area contributed by atoms with Crippen LogP contribution in [0.25, 0.3) is 109 Å². The van der Waals surface area contributed by atoms with E-state index >= 15 is 0 Å². The Balaban J connectivity index is 1.06. The lowest BCUT2D eigenvalue weighted by molar-refractivity contribution is 1.24. The monoisotopic (exact) mass is 742 g/mol. The third kappa shape index (κ3) is 6.06. The molecule has 0 N–H and O–H groups in total. The number of aromatic nitrogens is 2. The van der Waals surface area contributed by atoms with Crippen molar-refractivity contribution in [2.45, 2.75) is 0 Å². The average molecular weight is 743 g/mol. The molecule has 0 saturated heterocycles. The zero-order valence-corrected chi connectivity index (χ0v) is 31.7. The number of nitrogens with zero attached hydrogens (tertiary/aromatic N) is 2. The molecule has 0 unspecified atom stereocenters. The molecule has 0 bridgehead atoms. The first-order chi connectivity index (χ1) is 28.2. The van der Waals surface area contributed by atoms with Crippen molar-refractivity contribution in [3.05, 3.63) is 206 Å². The number of hydrogen-bond acceptors (Lipinski definition) is 3. The largest absolute Gasteiger partial charge is 0.226 e. The second-order valence-corrected chi connectivity index (χ2v) is 15.6. The van der Waals surface area contributed by atoms with Crippen molar-refractivity contribution < 1.29 is 0 Å². The van der Waals surface area contributed by atoms with Gasteiger partial charge in [0.05, 0.1) is 15.9 Å². The second-order valence-electron chi connectivity index (χ2n) is 14.6. The summed E-state index contributed by atoms with van der Waals surface area (Å²) in [5.41, 5.74) is 13.5. The zero-order valence-electron chi connectivity index (χ0n) is 30.9. The summed E-state index contributed by atoms with van der Waals surface area (Å²) in [5.74, 6) is 0.722. The summed E-state index contributed by atoms with van der Waals surface area (Å²) in [6, 6.07) is 74.1. The van der Waals surface area contributed by atoms with Gasteiger partial charge in [0.1, 0.15) is 0 Å². The van der Waals surface area contributed by atoms with E-state index in [2.05, 4.69) is 206 Å². The minimum atomic E-state index is 0.722. The Morgan fingerprint density at radius 1 is 0.316 bits per heavy atom. The summed E-state index contributed by atoms with van der Waals surface area (Å²) in [4.78, 5) is 10.8. The molecule has 57 heavy (non-hydrogen) atoms. The molecular formula is C54H34N2S. The number of rotatable bonds is 6. The number of fused-ring (bicyclic) bond motifs is 5. The van der Waals surface area contributed by atoms with Gasteiger partial charge in [0.15, 0.2) is 5.82 Å². The second kappa shape index (κ2) is 13.8. The lowest BCUT2D eigenvalue weighted by Gasteiger charge is -2.13. The van der Waals surface area contributed by atoms with Gasteiger partial charge >= 0.3 is 0 Å². The molecule has 0 atom stereocenters. The van der Waals surface area contributed by atoms with Crippen molar-refractivity contribution in [3.63, 3.8) is 0 Å². The third-order valence-electron chi connectivity index (χ3n) is 11.0. The maximum Gasteiger partial charge on any atom is 0.160 e. The summed E-state index contributed by atoms with van der Waals surface area (Å²) in [5, 5.41) is 5.99. The van der Waals surface area contributed by atoms with Crippen LogP contribution in [-0.4, -0.2) is 9.97 Å². The van der Waals surface area contributed by atoms with Crippen LogP contribution in [0.4, 0.5) is 0 Å². The Bertz CT molecular complexity index is 3230. The first kappa shape index (κ1) is 33.2. The Morgan fingerprint density at radius 2 is 0.789 bits per heavy atom. The molecule has 11 rings (SSSR count). The average Bonchev–Trinajstić information content (AvgIpc) is 3.65. The van der Waals surface area contributed by atoms with E-state index in [-0.39, 0.29) is 0 Å². The molecule has 0 saturated carbocycles. The first-order valence-corrected chi connectivity index (χ1v) is 20.1. The van der Waals surface area contributed by atoms with E-state index in [1.54, 1.807) is 11.3 Å². The Hall–Kier alpha value is -7.20. The maximum absolute atomic E-state index is 5.43. The van der Waals surface area contributed by atoms with Crippen molar-refractivity contribution in [1.29, 1.82) is 0 Å². The topological polar surface area (TPSA) is 25.8 Å². The summed E-state index contributed by atoms with van der Waals surface area (Å²) >= 11 is 1.78. The molecule has 0 aliphatic rings. The van der Waals surface area contributed by atoms with Gasteiger partial charge < -0.3 is 0 Å². The molecule has 0 spiro atoms. The SMILES string of the molecule is c1ccc(-c2cc(-c3ccccc3)cc(-c3cccc(-c4cccc(-c5nc(-c6cccc7ccccc67)c6sc7cc8ccccc8cc7c6n5)c4)c3)c2)cc1. The Morgan fingerprint density at radius 3 is 1.47 bits per heavy atom. The van der Waals surface area contributed by atoms with E-state index in [0.717, 1.165) is 49.4 Å². The first-order valence-electron chi connectivity index (χ1n) is 19.3. The van der Waals surface area contributed by atoms with Gasteiger partial charge in [-0.1, -0.05) is 164 Å². The minimum Gasteiger partial charge on any atom is -0.226 e. The van der Waals surface area contributed by atoms with E-state index in [4.69, 9.17) is 9.97 Å². The van der Waals surface area contributed by atoms with Crippen LogP contribution in [0.2, 0.25) is 0 Å². The van der Waals surface area contributed by atoms with Gasteiger partial charge in [-0.3, -0.25) is 0 Å². The van der Waals surface area contributed by atoms with E-state index in [0.29, 0.717) is 0 Å². The highest BCUT2D eigenvalue weighted by molar-refractivity contribution is 7.26. The molecule has 9 aromatic carbocycles. The molecule has 0 amide bonds. The van der Waals surface area contributed by atoms with Gasteiger partial charge in [-0.2, -0.15) is 0 Å². The van der Waals surface area contributed by atoms with Crippen molar-refractivity contribution in [2.75, 3.05) is 0 Å². The van der Waals surface area contributed by atoms with E-state index in [9.17, 15) is 0 Å². The molecule has 3 heteroatoms. The summed E-state index contributed by atoms with van der Waals surface area (Å²) in [6.45, 7) is 0. The fraction of sp³-hybridized carbons (Fsp3) is 0. The molecule has 0 fully saturated rings. The molecule has 266 valence electrons. The molecule has 2 aromatic heterocycles. The fourth-order valence-electron chi connectivity index (χ4n) is 8.18. The number of hydrogen-bond donors (Lipinski definition) is 0. The molecule has 0 radical (unpaired) electrons. The van der Waals surface area contributed by atoms with Crippen LogP contribution in [0.15, 0.2) is 206 Å². The molecular weight excluding hydrogens is 709 g/mol. The lowest BCUT2D eigenvalue weighted by atomic mass is 9.92. The standard InChI is InChI=1S/C54H34N2S/c1-3-14-35(15-4-1)44-30-45(36-16-5-2-6-17-36)32-46(31-44)40-24-11-22-38(28-40)39-23-12-25-43(29-39)54-55-51(48-27-13-21-37-18-9-10-26-47(37)48)53-52(56-54)49-33-41-19-7-8-20-42(41)34-50(49)57-53/h1-34H. The number of thiophene rings is 1. The molecule has 0 aliphatic carbocycles. The highest BCUT2D eigenvalue weighted by Gasteiger charge is 2.19. The lowest BCUT2D eigenvalue weighted by Crippen LogP contribution is -1.94. The molecule has 2 nitrogen and oxygen atoms in total. The van der Waals surface area contributed by atoms with Gasteiger partial charge in [-0.05, 0) is 109 Å². The predicted molar refractivity (Wildman–Crippen MR) is 243 cm³/mol. The molecule has 0 aliphatic heterocycles. The smallest absolute Gasteiger partial charge is 0.160 e. The Labute approximate surface area is 335 Å². The van der Waals surface area contributed by atoms with Crippen molar-refractivity contribution in [3.8, 4) is 67.2 Å². The molecule has 11 aromatic rings. The van der Waals surface area contributed by atoms with Crippen LogP contribution >= 0.6 is 11.3 Å². The highest BCUT2D eigenvalue weighted by Crippen LogP contribution is 2.43. The minimum absolute atomic E-state index is 0.722.